The quantitative estimate of drug-likeness (QED) is 0.805. The Bertz CT molecular complexity index is 478. The number of carbonyl (C=O) groups is 2. The van der Waals surface area contributed by atoms with Crippen molar-refractivity contribution in [2.45, 2.75) is 25.3 Å². The lowest BCUT2D eigenvalue weighted by atomic mass is 10.0. The Morgan fingerprint density at radius 2 is 2.22 bits per heavy atom. The van der Waals surface area contributed by atoms with Crippen molar-refractivity contribution in [3.05, 3.63) is 29.8 Å². The molecule has 2 heterocycles. The highest BCUT2D eigenvalue weighted by molar-refractivity contribution is 5.96. The van der Waals surface area contributed by atoms with Gasteiger partial charge in [-0.15, -0.1) is 0 Å². The normalized spacial score (nSPS) is 19.6. The van der Waals surface area contributed by atoms with Crippen molar-refractivity contribution in [2.75, 3.05) is 6.54 Å². The minimum absolute atomic E-state index is 0.135. The van der Waals surface area contributed by atoms with Crippen LogP contribution in [-0.2, 0) is 4.79 Å². The molecule has 0 bridgehead atoms. The number of likely N-dealkylation sites (tertiary alicyclic amines) is 1. The first-order chi connectivity index (χ1) is 8.59. The molecule has 6 heteroatoms. The zero-order valence-electron chi connectivity index (χ0n) is 9.67. The van der Waals surface area contributed by atoms with Crippen LogP contribution in [0.25, 0.3) is 0 Å². The van der Waals surface area contributed by atoms with Crippen molar-refractivity contribution in [1.29, 1.82) is 0 Å². The Labute approximate surface area is 103 Å². The summed E-state index contributed by atoms with van der Waals surface area (Å²) in [5.41, 5.74) is 0.135. The summed E-state index contributed by atoms with van der Waals surface area (Å²) >= 11 is 0. The van der Waals surface area contributed by atoms with Gasteiger partial charge in [0.15, 0.2) is 0 Å². The van der Waals surface area contributed by atoms with Crippen LogP contribution in [0.1, 0.15) is 29.6 Å². The number of pyridine rings is 1. The molecule has 5 nitrogen and oxygen atoms in total. The molecule has 1 aliphatic heterocycles. The molecule has 96 valence electrons. The molecule has 18 heavy (non-hydrogen) atoms. The minimum atomic E-state index is -1.02. The van der Waals surface area contributed by atoms with E-state index in [0.29, 0.717) is 13.0 Å². The van der Waals surface area contributed by atoms with Gasteiger partial charge in [0.05, 0.1) is 0 Å². The summed E-state index contributed by atoms with van der Waals surface area (Å²) in [5, 5.41) is 9.08. The summed E-state index contributed by atoms with van der Waals surface area (Å²) in [7, 11) is 0. The van der Waals surface area contributed by atoms with Crippen molar-refractivity contribution in [3.8, 4) is 0 Å². The molecule has 0 unspecified atom stereocenters. The first kappa shape index (κ1) is 12.5. The van der Waals surface area contributed by atoms with Gasteiger partial charge in [0.25, 0.3) is 5.91 Å². The molecule has 1 aliphatic rings. The first-order valence-corrected chi connectivity index (χ1v) is 5.75. The first-order valence-electron chi connectivity index (χ1n) is 5.75. The second-order valence-corrected chi connectivity index (χ2v) is 4.22. The topological polar surface area (TPSA) is 70.5 Å². The highest BCUT2D eigenvalue weighted by Crippen LogP contribution is 2.20. The molecule has 0 aliphatic carbocycles. The van der Waals surface area contributed by atoms with E-state index >= 15 is 0 Å². The summed E-state index contributed by atoms with van der Waals surface area (Å²) in [6.07, 6.45) is 3.19. The van der Waals surface area contributed by atoms with Crippen LogP contribution in [0.3, 0.4) is 0 Å². The molecular formula is C12H13FN2O3. The molecule has 1 N–H and O–H groups in total. The van der Waals surface area contributed by atoms with E-state index in [1.54, 1.807) is 0 Å². The van der Waals surface area contributed by atoms with Crippen LogP contribution in [0, 0.1) is 5.95 Å². The number of aliphatic carboxylic acids is 1. The van der Waals surface area contributed by atoms with Crippen molar-refractivity contribution in [1.82, 2.24) is 9.88 Å². The van der Waals surface area contributed by atoms with E-state index in [0.717, 1.165) is 18.9 Å². The number of carbonyl (C=O) groups excluding carboxylic acids is 1. The molecule has 1 saturated heterocycles. The smallest absolute Gasteiger partial charge is 0.326 e. The molecule has 0 aromatic carbocycles. The van der Waals surface area contributed by atoms with Gasteiger partial charge >= 0.3 is 5.97 Å². The SMILES string of the molecule is O=C(O)[C@H]1CCCCN1C(=O)c1ccnc(F)c1. The Hall–Kier alpha value is -1.98. The van der Waals surface area contributed by atoms with Crippen molar-refractivity contribution >= 4 is 11.9 Å². The van der Waals surface area contributed by atoms with E-state index in [1.165, 1.54) is 17.2 Å². The van der Waals surface area contributed by atoms with Crippen LogP contribution in [0.15, 0.2) is 18.3 Å². The van der Waals surface area contributed by atoms with E-state index in [4.69, 9.17) is 5.11 Å². The maximum Gasteiger partial charge on any atom is 0.326 e. The summed E-state index contributed by atoms with van der Waals surface area (Å²) in [4.78, 5) is 27.9. The fraction of sp³-hybridized carbons (Fsp3) is 0.417. The molecule has 1 atom stereocenters. The second-order valence-electron chi connectivity index (χ2n) is 4.22. The van der Waals surface area contributed by atoms with E-state index in [1.807, 2.05) is 0 Å². The van der Waals surface area contributed by atoms with Crippen LogP contribution in [0.5, 0.6) is 0 Å². The number of amides is 1. The van der Waals surface area contributed by atoms with E-state index in [2.05, 4.69) is 4.98 Å². The Balaban J connectivity index is 2.23. The number of carboxylic acids is 1. The maximum atomic E-state index is 13.0. The van der Waals surface area contributed by atoms with Gasteiger partial charge in [-0.1, -0.05) is 0 Å². The average Bonchev–Trinajstić information content (AvgIpc) is 2.38. The molecule has 0 saturated carbocycles. The maximum absolute atomic E-state index is 13.0. The number of nitrogens with zero attached hydrogens (tertiary/aromatic N) is 2. The molecule has 0 radical (unpaired) electrons. The highest BCUT2D eigenvalue weighted by atomic mass is 19.1. The van der Waals surface area contributed by atoms with Crippen molar-refractivity contribution < 1.29 is 19.1 Å². The molecule has 2 rings (SSSR count). The lowest BCUT2D eigenvalue weighted by Gasteiger charge is -2.32. The van der Waals surface area contributed by atoms with Crippen molar-refractivity contribution in [3.63, 3.8) is 0 Å². The number of hydrogen-bond donors (Lipinski definition) is 1. The van der Waals surface area contributed by atoms with Gasteiger partial charge in [-0.2, -0.15) is 4.39 Å². The Morgan fingerprint density at radius 3 is 2.89 bits per heavy atom. The third-order valence-corrected chi connectivity index (χ3v) is 3.02. The average molecular weight is 252 g/mol. The number of halogens is 1. The standard InChI is InChI=1S/C12H13FN2O3/c13-10-7-8(4-5-14-10)11(16)15-6-2-1-3-9(15)12(17)18/h4-5,7,9H,1-3,6H2,(H,17,18)/t9-/m1/s1. The minimum Gasteiger partial charge on any atom is -0.480 e. The van der Waals surface area contributed by atoms with E-state index < -0.39 is 23.9 Å². The lowest BCUT2D eigenvalue weighted by molar-refractivity contribution is -0.143. The third kappa shape index (κ3) is 2.47. The largest absolute Gasteiger partial charge is 0.480 e. The fourth-order valence-electron chi connectivity index (χ4n) is 2.13. The van der Waals surface area contributed by atoms with Gasteiger partial charge in [-0.25, -0.2) is 9.78 Å². The second kappa shape index (κ2) is 5.12. The van der Waals surface area contributed by atoms with E-state index in [9.17, 15) is 14.0 Å². The zero-order valence-corrected chi connectivity index (χ0v) is 9.67. The lowest BCUT2D eigenvalue weighted by Crippen LogP contribution is -2.48. The van der Waals surface area contributed by atoms with Gasteiger partial charge in [0.1, 0.15) is 6.04 Å². The highest BCUT2D eigenvalue weighted by Gasteiger charge is 2.32. The van der Waals surface area contributed by atoms with Crippen molar-refractivity contribution in [2.24, 2.45) is 0 Å². The van der Waals surface area contributed by atoms with Gasteiger partial charge < -0.3 is 10.0 Å². The number of piperidine rings is 1. The molecule has 1 fully saturated rings. The van der Waals surface area contributed by atoms with Crippen LogP contribution in [0.2, 0.25) is 0 Å². The zero-order chi connectivity index (χ0) is 13.1. The van der Waals surface area contributed by atoms with Gasteiger partial charge in [-0.3, -0.25) is 4.79 Å². The van der Waals surface area contributed by atoms with Crippen LogP contribution < -0.4 is 0 Å². The molecule has 1 aromatic rings. The molecule has 1 amide bonds. The van der Waals surface area contributed by atoms with Gasteiger partial charge in [0, 0.05) is 24.4 Å². The summed E-state index contributed by atoms with van der Waals surface area (Å²) in [5.74, 6) is -2.22. The monoisotopic (exact) mass is 252 g/mol. The molecular weight excluding hydrogens is 239 g/mol. The molecule has 0 spiro atoms. The predicted octanol–water partition coefficient (Wildman–Crippen LogP) is 1.30. The summed E-state index contributed by atoms with van der Waals surface area (Å²) in [6.45, 7) is 0.389. The van der Waals surface area contributed by atoms with Gasteiger partial charge in [-0.05, 0) is 25.3 Å². The Morgan fingerprint density at radius 1 is 1.44 bits per heavy atom. The number of hydrogen-bond acceptors (Lipinski definition) is 3. The third-order valence-electron chi connectivity index (χ3n) is 3.02. The van der Waals surface area contributed by atoms with Crippen LogP contribution in [0.4, 0.5) is 4.39 Å². The van der Waals surface area contributed by atoms with Crippen LogP contribution >= 0.6 is 0 Å². The Kier molecular flexibility index (Phi) is 3.55. The number of rotatable bonds is 2. The fourth-order valence-corrected chi connectivity index (χ4v) is 2.13. The number of aromatic nitrogens is 1. The summed E-state index contributed by atoms with van der Waals surface area (Å²) < 4.78 is 13.0. The molecule has 1 aromatic heterocycles. The number of carboxylic acid groups (broad SMARTS) is 1. The van der Waals surface area contributed by atoms with Gasteiger partial charge in [0.2, 0.25) is 5.95 Å². The summed E-state index contributed by atoms with van der Waals surface area (Å²) in [6, 6.07) is 1.59. The van der Waals surface area contributed by atoms with Crippen LogP contribution in [-0.4, -0.2) is 39.5 Å². The predicted molar refractivity (Wildman–Crippen MR) is 60.5 cm³/mol. The van der Waals surface area contributed by atoms with E-state index in [-0.39, 0.29) is 5.56 Å².